The molecule has 1 aromatic carbocycles. The van der Waals surface area contributed by atoms with Crippen molar-refractivity contribution in [2.45, 2.75) is 30.6 Å². The molecule has 4 aliphatic heterocycles. The van der Waals surface area contributed by atoms with E-state index in [1.54, 1.807) is 4.90 Å². The van der Waals surface area contributed by atoms with E-state index in [-0.39, 0.29) is 27.2 Å². The average molecular weight is 511 g/mol. The maximum atomic E-state index is 13.8. The molecule has 4 atom stereocenters. The zero-order valence-electron chi connectivity index (χ0n) is 17.2. The summed E-state index contributed by atoms with van der Waals surface area (Å²) in [5.74, 6) is -4.10. The van der Waals surface area contributed by atoms with Gasteiger partial charge in [0.25, 0.3) is 0 Å². The van der Waals surface area contributed by atoms with Crippen molar-refractivity contribution in [2.75, 3.05) is 16.8 Å². The maximum Gasteiger partial charge on any atom is 0.416 e. The van der Waals surface area contributed by atoms with Gasteiger partial charge in [0.15, 0.2) is 0 Å². The molecule has 4 aliphatic rings. The number of carbonyl (C=O) groups is 3. The van der Waals surface area contributed by atoms with E-state index in [2.05, 4.69) is 10.3 Å². The second kappa shape index (κ2) is 6.93. The summed E-state index contributed by atoms with van der Waals surface area (Å²) >= 11 is 12.0. The number of alkyl halides is 3. The number of hydrogen-bond acceptors (Lipinski definition) is 5. The molecule has 3 amide bonds. The second-order valence-electron chi connectivity index (χ2n) is 8.86. The summed E-state index contributed by atoms with van der Waals surface area (Å²) in [5, 5.41) is 2.78. The van der Waals surface area contributed by atoms with E-state index >= 15 is 0 Å². The molecule has 176 valence electrons. The number of amides is 3. The zero-order chi connectivity index (χ0) is 24.2. The molecule has 1 spiro atoms. The van der Waals surface area contributed by atoms with E-state index in [1.807, 2.05) is 0 Å². The quantitative estimate of drug-likeness (QED) is 0.465. The van der Waals surface area contributed by atoms with Crippen molar-refractivity contribution in [3.63, 3.8) is 0 Å². The largest absolute Gasteiger partial charge is 0.416 e. The van der Waals surface area contributed by atoms with Gasteiger partial charge in [0.1, 0.15) is 16.5 Å². The lowest BCUT2D eigenvalue weighted by Gasteiger charge is -2.36. The van der Waals surface area contributed by atoms with Gasteiger partial charge >= 0.3 is 6.18 Å². The van der Waals surface area contributed by atoms with Gasteiger partial charge in [-0.25, -0.2) is 9.88 Å². The number of halogens is 5. The Balaban J connectivity index is 1.56. The van der Waals surface area contributed by atoms with Crippen LogP contribution in [0.4, 0.5) is 24.7 Å². The van der Waals surface area contributed by atoms with Crippen LogP contribution in [0.1, 0.15) is 24.0 Å². The smallest absolute Gasteiger partial charge is 0.324 e. The van der Waals surface area contributed by atoms with Crippen molar-refractivity contribution in [2.24, 2.45) is 11.8 Å². The van der Waals surface area contributed by atoms with Crippen LogP contribution in [0.2, 0.25) is 10.2 Å². The summed E-state index contributed by atoms with van der Waals surface area (Å²) in [6.45, 7) is 0.378. The Morgan fingerprint density at radius 3 is 2.56 bits per heavy atom. The van der Waals surface area contributed by atoms with Gasteiger partial charge in [0.05, 0.1) is 17.4 Å². The van der Waals surface area contributed by atoms with Gasteiger partial charge < -0.3 is 5.32 Å². The number of pyridine rings is 1. The standard InChI is InChI=1S/C22H15Cl2F3N4O3/c23-10-7-14(24)29-15(8-10)31-18(32)16-13-2-1-5-30(13)21(17(16)19(31)33)11-6-9(22(25,26)27)3-4-12(11)28-20(21)34/h3-4,6-8,13,16-17H,1-2,5H2,(H,28,34). The molecule has 7 nitrogen and oxygen atoms in total. The van der Waals surface area contributed by atoms with Crippen LogP contribution < -0.4 is 10.2 Å². The molecule has 5 heterocycles. The number of aromatic nitrogens is 1. The first-order valence-corrected chi connectivity index (χ1v) is 11.3. The molecule has 1 N–H and O–H groups in total. The van der Waals surface area contributed by atoms with Crippen LogP contribution in [0.25, 0.3) is 0 Å². The van der Waals surface area contributed by atoms with Gasteiger partial charge in [-0.1, -0.05) is 23.2 Å². The summed E-state index contributed by atoms with van der Waals surface area (Å²) < 4.78 is 40.7. The van der Waals surface area contributed by atoms with Crippen LogP contribution in [-0.4, -0.2) is 40.2 Å². The number of imide groups is 1. The Morgan fingerprint density at radius 2 is 1.85 bits per heavy atom. The lowest BCUT2D eigenvalue weighted by Crippen LogP contribution is -2.54. The number of hydrogen-bond donors (Lipinski definition) is 1. The highest BCUT2D eigenvalue weighted by atomic mass is 35.5. The number of carbonyl (C=O) groups excluding carboxylic acids is 3. The third-order valence-corrected chi connectivity index (χ3v) is 7.71. The van der Waals surface area contributed by atoms with Crippen molar-refractivity contribution in [3.05, 3.63) is 51.6 Å². The lowest BCUT2D eigenvalue weighted by atomic mass is 9.75. The van der Waals surface area contributed by atoms with Crippen LogP contribution in [0.15, 0.2) is 30.3 Å². The summed E-state index contributed by atoms with van der Waals surface area (Å²) in [5.41, 5.74) is -2.40. The molecule has 0 radical (unpaired) electrons. The number of fused-ring (bicyclic) bond motifs is 7. The first-order valence-electron chi connectivity index (χ1n) is 10.6. The Morgan fingerprint density at radius 1 is 1.09 bits per heavy atom. The lowest BCUT2D eigenvalue weighted by molar-refractivity contribution is -0.138. The minimum Gasteiger partial charge on any atom is -0.324 e. The first kappa shape index (κ1) is 21.8. The fourth-order valence-electron chi connectivity index (χ4n) is 6.17. The monoisotopic (exact) mass is 510 g/mol. The number of nitrogens with one attached hydrogen (secondary N) is 1. The predicted molar refractivity (Wildman–Crippen MR) is 115 cm³/mol. The number of benzene rings is 1. The topological polar surface area (TPSA) is 82.6 Å². The summed E-state index contributed by atoms with van der Waals surface area (Å²) in [6, 6.07) is 5.18. The minimum atomic E-state index is -4.65. The predicted octanol–water partition coefficient (Wildman–Crippen LogP) is 3.84. The molecule has 3 fully saturated rings. The molecule has 2 aromatic rings. The van der Waals surface area contributed by atoms with Crippen molar-refractivity contribution < 1.29 is 27.6 Å². The van der Waals surface area contributed by atoms with Gasteiger partial charge in [-0.3, -0.25) is 19.3 Å². The minimum absolute atomic E-state index is 0.0314. The van der Waals surface area contributed by atoms with Crippen molar-refractivity contribution in [1.82, 2.24) is 9.88 Å². The Bertz CT molecular complexity index is 1280. The van der Waals surface area contributed by atoms with E-state index in [0.29, 0.717) is 19.4 Å². The Kier molecular flexibility index (Phi) is 4.45. The van der Waals surface area contributed by atoms with Crippen LogP contribution in [0, 0.1) is 11.8 Å². The van der Waals surface area contributed by atoms with Crippen molar-refractivity contribution >= 4 is 52.4 Å². The van der Waals surface area contributed by atoms with E-state index in [1.165, 1.54) is 18.2 Å². The molecule has 34 heavy (non-hydrogen) atoms. The Hall–Kier alpha value is -2.69. The molecular weight excluding hydrogens is 496 g/mol. The molecule has 0 bridgehead atoms. The third kappa shape index (κ3) is 2.64. The number of anilines is 2. The van der Waals surface area contributed by atoms with Crippen LogP contribution in [0.3, 0.4) is 0 Å². The van der Waals surface area contributed by atoms with Crippen molar-refractivity contribution in [1.29, 1.82) is 0 Å². The van der Waals surface area contributed by atoms with E-state index in [4.69, 9.17) is 23.2 Å². The van der Waals surface area contributed by atoms with Crippen LogP contribution >= 0.6 is 23.2 Å². The van der Waals surface area contributed by atoms with Gasteiger partial charge in [-0.15, -0.1) is 0 Å². The van der Waals surface area contributed by atoms with Gasteiger partial charge in [0, 0.05) is 28.4 Å². The molecule has 6 rings (SSSR count). The fraction of sp³-hybridized carbons (Fsp3) is 0.364. The molecule has 12 heteroatoms. The van der Waals surface area contributed by atoms with Gasteiger partial charge in [-0.2, -0.15) is 13.2 Å². The SMILES string of the molecule is O=C1C2C3CCCN3C3(C(=O)Nc4ccc(C(F)(F)F)cc43)C2C(=O)N1c1cc(Cl)cc(Cl)n1. The van der Waals surface area contributed by atoms with Crippen molar-refractivity contribution in [3.8, 4) is 0 Å². The molecule has 0 aliphatic carbocycles. The fourth-order valence-corrected chi connectivity index (χ4v) is 6.63. The maximum absolute atomic E-state index is 13.8. The molecular formula is C22H15Cl2F3N4O3. The summed E-state index contributed by atoms with van der Waals surface area (Å²) in [7, 11) is 0. The summed E-state index contributed by atoms with van der Waals surface area (Å²) in [4.78, 5) is 47.6. The third-order valence-electron chi connectivity index (χ3n) is 7.29. The Labute approximate surface area is 200 Å². The van der Waals surface area contributed by atoms with E-state index in [0.717, 1.165) is 17.0 Å². The second-order valence-corrected chi connectivity index (χ2v) is 9.69. The highest BCUT2D eigenvalue weighted by molar-refractivity contribution is 6.35. The highest BCUT2D eigenvalue weighted by Crippen LogP contribution is 2.61. The molecule has 3 saturated heterocycles. The molecule has 4 unspecified atom stereocenters. The van der Waals surface area contributed by atoms with Gasteiger partial charge in [0.2, 0.25) is 17.7 Å². The number of rotatable bonds is 1. The van der Waals surface area contributed by atoms with E-state index < -0.39 is 52.9 Å². The average Bonchev–Trinajstić information content (AvgIpc) is 3.44. The van der Waals surface area contributed by atoms with Crippen LogP contribution in [-0.2, 0) is 26.1 Å². The summed E-state index contributed by atoms with van der Waals surface area (Å²) in [6.07, 6.45) is -3.48. The van der Waals surface area contributed by atoms with Gasteiger partial charge in [-0.05, 0) is 43.7 Å². The van der Waals surface area contributed by atoms with Crippen LogP contribution in [0.5, 0.6) is 0 Å². The molecule has 1 aromatic heterocycles. The van der Waals surface area contributed by atoms with E-state index in [9.17, 15) is 27.6 Å². The normalized spacial score (nSPS) is 30.2. The first-order chi connectivity index (χ1) is 16.0. The highest BCUT2D eigenvalue weighted by Gasteiger charge is 2.75. The zero-order valence-corrected chi connectivity index (χ0v) is 18.7. The number of nitrogens with zero attached hydrogens (tertiary/aromatic N) is 3. The molecule has 0 saturated carbocycles.